The predicted molar refractivity (Wildman–Crippen MR) is 120 cm³/mol. The maximum atomic E-state index is 12.2. The number of aryl methyl sites for hydroxylation is 2. The molecule has 1 aliphatic heterocycles. The smallest absolute Gasteiger partial charge is 0.266 e. The molecule has 1 aliphatic carbocycles. The number of aromatic nitrogens is 5. The summed E-state index contributed by atoms with van der Waals surface area (Å²) in [6.07, 6.45) is 7.88. The summed E-state index contributed by atoms with van der Waals surface area (Å²) >= 11 is 0. The van der Waals surface area contributed by atoms with Crippen LogP contribution in [0.3, 0.4) is 0 Å². The van der Waals surface area contributed by atoms with Crippen LogP contribution < -0.4 is 10.5 Å². The number of hydrogen-bond acceptors (Lipinski definition) is 7. The van der Waals surface area contributed by atoms with Crippen LogP contribution in [0.2, 0.25) is 0 Å². The van der Waals surface area contributed by atoms with E-state index in [1.54, 1.807) is 23.1 Å². The summed E-state index contributed by atoms with van der Waals surface area (Å²) in [6, 6.07) is 9.45. The Balaban J connectivity index is 1.22. The first kappa shape index (κ1) is 20.4. The van der Waals surface area contributed by atoms with Gasteiger partial charge in [-0.05, 0) is 49.4 Å². The van der Waals surface area contributed by atoms with E-state index < -0.39 is 0 Å². The lowest BCUT2D eigenvalue weighted by Crippen LogP contribution is -2.48. The third-order valence-electron chi connectivity index (χ3n) is 6.29. The van der Waals surface area contributed by atoms with Crippen LogP contribution in [-0.4, -0.2) is 62.2 Å². The number of fused-ring (bicyclic) bond motifs is 1. The minimum absolute atomic E-state index is 0.114. The van der Waals surface area contributed by atoms with Gasteiger partial charge in [0.15, 0.2) is 5.82 Å². The first-order valence-corrected chi connectivity index (χ1v) is 11.2. The van der Waals surface area contributed by atoms with Crippen molar-refractivity contribution in [3.63, 3.8) is 0 Å². The third kappa shape index (κ3) is 4.14. The summed E-state index contributed by atoms with van der Waals surface area (Å²) in [4.78, 5) is 21.7. The number of nitriles is 1. The molecule has 0 bridgehead atoms. The van der Waals surface area contributed by atoms with Crippen LogP contribution in [0.4, 0.5) is 5.82 Å². The van der Waals surface area contributed by atoms with E-state index >= 15 is 0 Å². The molecule has 1 saturated heterocycles. The number of hydrogen-bond donors (Lipinski definition) is 0. The van der Waals surface area contributed by atoms with Crippen molar-refractivity contribution in [1.82, 2.24) is 29.4 Å². The Bertz CT molecular complexity index is 1190. The fraction of sp³-hybridized carbons (Fsp3) is 0.435. The molecule has 4 heterocycles. The Morgan fingerprint density at radius 2 is 1.91 bits per heavy atom. The standard InChI is InChI=1S/C23H26N8O/c24-17-19-16-18-4-1-2-5-20(18)26-23(19)29-13-10-28(11-14-29)12-15-31-22(32)7-6-21(27-31)30-9-3-8-25-30/h3,6-9,16H,1-2,4-5,10-15H2. The van der Waals surface area contributed by atoms with E-state index in [-0.39, 0.29) is 5.56 Å². The van der Waals surface area contributed by atoms with E-state index in [9.17, 15) is 10.1 Å². The zero-order chi connectivity index (χ0) is 21.9. The van der Waals surface area contributed by atoms with Crippen LogP contribution in [0.15, 0.2) is 41.5 Å². The summed E-state index contributed by atoms with van der Waals surface area (Å²) in [5.74, 6) is 1.46. The second kappa shape index (κ2) is 8.93. The maximum absolute atomic E-state index is 12.2. The number of pyridine rings is 1. The van der Waals surface area contributed by atoms with Gasteiger partial charge in [0, 0.05) is 56.9 Å². The van der Waals surface area contributed by atoms with Gasteiger partial charge in [0.25, 0.3) is 5.56 Å². The first-order chi connectivity index (χ1) is 15.7. The van der Waals surface area contributed by atoms with Crippen molar-refractivity contribution in [2.24, 2.45) is 0 Å². The summed E-state index contributed by atoms with van der Waals surface area (Å²) < 4.78 is 3.15. The van der Waals surface area contributed by atoms with Gasteiger partial charge < -0.3 is 4.90 Å². The average molecular weight is 431 g/mol. The molecule has 9 heteroatoms. The van der Waals surface area contributed by atoms with Crippen molar-refractivity contribution in [3.8, 4) is 11.9 Å². The van der Waals surface area contributed by atoms with Crippen LogP contribution in [0.25, 0.3) is 5.82 Å². The molecule has 0 aromatic carbocycles. The Kier molecular flexibility index (Phi) is 5.69. The topological polar surface area (TPSA) is 95.9 Å². The minimum atomic E-state index is -0.114. The van der Waals surface area contributed by atoms with E-state index in [1.165, 1.54) is 29.2 Å². The van der Waals surface area contributed by atoms with Crippen molar-refractivity contribution < 1.29 is 0 Å². The number of rotatable bonds is 5. The van der Waals surface area contributed by atoms with Gasteiger partial charge in [0.1, 0.15) is 11.9 Å². The van der Waals surface area contributed by atoms with E-state index in [4.69, 9.17) is 4.98 Å². The molecule has 0 spiro atoms. The molecule has 1 fully saturated rings. The molecule has 0 atom stereocenters. The molecule has 164 valence electrons. The van der Waals surface area contributed by atoms with Gasteiger partial charge in [0.05, 0.1) is 12.1 Å². The lowest BCUT2D eigenvalue weighted by atomic mass is 9.95. The predicted octanol–water partition coefficient (Wildman–Crippen LogP) is 1.40. The third-order valence-corrected chi connectivity index (χ3v) is 6.29. The van der Waals surface area contributed by atoms with Gasteiger partial charge in [-0.25, -0.2) is 14.3 Å². The Morgan fingerprint density at radius 1 is 1.06 bits per heavy atom. The summed E-state index contributed by atoms with van der Waals surface area (Å²) in [6.45, 7) is 4.61. The Morgan fingerprint density at radius 3 is 2.69 bits per heavy atom. The molecule has 5 rings (SSSR count). The number of anilines is 1. The zero-order valence-electron chi connectivity index (χ0n) is 18.0. The second-order valence-corrected chi connectivity index (χ2v) is 8.32. The van der Waals surface area contributed by atoms with Crippen molar-refractivity contribution in [2.75, 3.05) is 37.6 Å². The molecule has 3 aromatic rings. The average Bonchev–Trinajstić information content (AvgIpc) is 3.38. The van der Waals surface area contributed by atoms with Gasteiger partial charge in [-0.15, -0.1) is 5.10 Å². The Labute approximate surface area is 186 Å². The molecule has 0 unspecified atom stereocenters. The lowest BCUT2D eigenvalue weighted by Gasteiger charge is -2.36. The van der Waals surface area contributed by atoms with E-state index in [0.717, 1.165) is 57.1 Å². The normalized spacial score (nSPS) is 16.5. The van der Waals surface area contributed by atoms with Gasteiger partial charge in [-0.2, -0.15) is 10.4 Å². The van der Waals surface area contributed by atoms with Crippen LogP contribution in [0, 0.1) is 11.3 Å². The molecule has 3 aromatic heterocycles. The fourth-order valence-corrected chi connectivity index (χ4v) is 4.49. The van der Waals surface area contributed by atoms with Crippen LogP contribution >= 0.6 is 0 Å². The van der Waals surface area contributed by atoms with Gasteiger partial charge in [-0.3, -0.25) is 9.69 Å². The molecule has 0 saturated carbocycles. The summed E-state index contributed by atoms with van der Waals surface area (Å²) in [5, 5.41) is 18.3. The first-order valence-electron chi connectivity index (χ1n) is 11.2. The maximum Gasteiger partial charge on any atom is 0.266 e. The van der Waals surface area contributed by atoms with Crippen molar-refractivity contribution in [1.29, 1.82) is 5.26 Å². The van der Waals surface area contributed by atoms with E-state index in [1.807, 2.05) is 12.1 Å². The highest BCUT2D eigenvalue weighted by molar-refractivity contribution is 5.56. The molecular formula is C23H26N8O. The number of piperazine rings is 1. The van der Waals surface area contributed by atoms with Crippen molar-refractivity contribution in [3.05, 3.63) is 63.8 Å². The SMILES string of the molecule is N#Cc1cc2c(nc1N1CCN(CCn3nc(-n4cccn4)ccc3=O)CC1)CCCC2. The van der Waals surface area contributed by atoms with Gasteiger partial charge >= 0.3 is 0 Å². The van der Waals surface area contributed by atoms with Gasteiger partial charge in [-0.1, -0.05) is 0 Å². The monoisotopic (exact) mass is 430 g/mol. The molecular weight excluding hydrogens is 404 g/mol. The number of nitrogens with zero attached hydrogens (tertiary/aromatic N) is 8. The minimum Gasteiger partial charge on any atom is -0.353 e. The Hall–Kier alpha value is -3.51. The molecule has 0 N–H and O–H groups in total. The molecule has 0 radical (unpaired) electrons. The van der Waals surface area contributed by atoms with Gasteiger partial charge in [0.2, 0.25) is 0 Å². The van der Waals surface area contributed by atoms with Crippen LogP contribution in [-0.2, 0) is 19.4 Å². The highest BCUT2D eigenvalue weighted by Gasteiger charge is 2.23. The fourth-order valence-electron chi connectivity index (χ4n) is 4.49. The summed E-state index contributed by atoms with van der Waals surface area (Å²) in [7, 11) is 0. The lowest BCUT2D eigenvalue weighted by molar-refractivity contribution is 0.242. The highest BCUT2D eigenvalue weighted by Crippen LogP contribution is 2.27. The van der Waals surface area contributed by atoms with Crippen molar-refractivity contribution in [2.45, 2.75) is 32.2 Å². The summed E-state index contributed by atoms with van der Waals surface area (Å²) in [5.41, 5.74) is 2.97. The zero-order valence-corrected chi connectivity index (χ0v) is 18.0. The quantitative estimate of drug-likeness (QED) is 0.604. The van der Waals surface area contributed by atoms with Crippen LogP contribution in [0.1, 0.15) is 29.7 Å². The van der Waals surface area contributed by atoms with Crippen LogP contribution in [0.5, 0.6) is 0 Å². The molecule has 2 aliphatic rings. The van der Waals surface area contributed by atoms with E-state index in [0.29, 0.717) is 17.9 Å². The molecule has 9 nitrogen and oxygen atoms in total. The highest BCUT2D eigenvalue weighted by atomic mass is 16.1. The molecule has 32 heavy (non-hydrogen) atoms. The largest absolute Gasteiger partial charge is 0.353 e. The second-order valence-electron chi connectivity index (χ2n) is 8.32. The van der Waals surface area contributed by atoms with E-state index in [2.05, 4.69) is 26.1 Å². The van der Waals surface area contributed by atoms with Crippen molar-refractivity contribution >= 4 is 5.82 Å². The molecule has 0 amide bonds.